The Hall–Kier alpha value is -2.80. The molecule has 2 heterocycles. The van der Waals surface area contributed by atoms with E-state index in [2.05, 4.69) is 52.5 Å². The van der Waals surface area contributed by atoms with Crippen molar-refractivity contribution in [2.75, 3.05) is 38.7 Å². The Morgan fingerprint density at radius 1 is 1.15 bits per heavy atom. The first-order valence-corrected chi connectivity index (χ1v) is 14.4. The average Bonchev–Trinajstić information content (AvgIpc) is 3.16. The van der Waals surface area contributed by atoms with Crippen LogP contribution in [0.15, 0.2) is 42.6 Å². The number of carbonyl (C=O) groups excluding carboxylic acids is 1. The van der Waals surface area contributed by atoms with Gasteiger partial charge in [-0.1, -0.05) is 35.9 Å². The first kappa shape index (κ1) is 27.8. The van der Waals surface area contributed by atoms with Crippen molar-refractivity contribution in [2.24, 2.45) is 0 Å². The van der Waals surface area contributed by atoms with Gasteiger partial charge in [0.2, 0.25) is 5.95 Å². The number of halogens is 1. The van der Waals surface area contributed by atoms with Crippen molar-refractivity contribution in [3.63, 3.8) is 0 Å². The highest BCUT2D eigenvalue weighted by atomic mass is 35.5. The summed E-state index contributed by atoms with van der Waals surface area (Å²) in [6.07, 6.45) is 6.00. The second-order valence-corrected chi connectivity index (χ2v) is 11.9. The first-order chi connectivity index (χ1) is 18.8. The molecule has 1 aliphatic heterocycles. The third-order valence-corrected chi connectivity index (χ3v) is 8.84. The van der Waals surface area contributed by atoms with Crippen LogP contribution in [-0.4, -0.2) is 54.0 Å². The van der Waals surface area contributed by atoms with Crippen LogP contribution in [0.4, 0.5) is 11.6 Å². The number of ether oxygens (including phenoxy) is 1. The van der Waals surface area contributed by atoms with Crippen molar-refractivity contribution in [2.45, 2.75) is 64.2 Å². The van der Waals surface area contributed by atoms with E-state index < -0.39 is 5.41 Å². The summed E-state index contributed by atoms with van der Waals surface area (Å²) >= 11 is 6.51. The molecule has 1 aliphatic carbocycles. The molecule has 0 atom stereocenters. The van der Waals surface area contributed by atoms with Crippen LogP contribution in [0.3, 0.4) is 0 Å². The van der Waals surface area contributed by atoms with Crippen molar-refractivity contribution < 1.29 is 9.53 Å². The normalized spacial score (nSPS) is 17.4. The van der Waals surface area contributed by atoms with Crippen LogP contribution in [0.25, 0.3) is 0 Å². The summed E-state index contributed by atoms with van der Waals surface area (Å²) in [6.45, 7) is 10.3. The summed E-state index contributed by atoms with van der Waals surface area (Å²) in [5.74, 6) is 1.42. The molecule has 0 amide bonds. The number of anilines is 2. The van der Waals surface area contributed by atoms with E-state index in [4.69, 9.17) is 21.3 Å². The average molecular weight is 547 g/mol. The lowest BCUT2D eigenvalue weighted by molar-refractivity contribution is -0.121. The van der Waals surface area contributed by atoms with Crippen LogP contribution in [-0.2, 0) is 34.2 Å². The van der Waals surface area contributed by atoms with Gasteiger partial charge in [-0.25, -0.2) is 9.97 Å². The van der Waals surface area contributed by atoms with E-state index in [0.717, 1.165) is 49.6 Å². The second-order valence-electron chi connectivity index (χ2n) is 11.5. The van der Waals surface area contributed by atoms with Gasteiger partial charge < -0.3 is 15.0 Å². The standard InChI is InChI=1S/C32H39ClN4O2/c1-21-18-25(9-10-26(21)22-12-14-37(15-13-22)16-17-39-4)35-31-34-20-27(33)28(36-31)11-8-23-6-5-7-24-19-29(38)32(2,3)30(23)24/h5-7,9-10,18,20,22H,8,11-17,19H2,1-4H3,(H,34,35,36). The molecule has 39 heavy (non-hydrogen) atoms. The minimum atomic E-state index is -0.445. The van der Waals surface area contributed by atoms with Gasteiger partial charge in [0, 0.05) is 31.2 Å². The van der Waals surface area contributed by atoms with Gasteiger partial charge in [0.1, 0.15) is 5.78 Å². The molecule has 1 N–H and O–H groups in total. The molecule has 206 valence electrons. The zero-order valence-corrected chi connectivity index (χ0v) is 24.3. The number of hydrogen-bond acceptors (Lipinski definition) is 6. The summed E-state index contributed by atoms with van der Waals surface area (Å²) < 4.78 is 5.23. The molecule has 0 spiro atoms. The van der Waals surface area contributed by atoms with Gasteiger partial charge in [0.25, 0.3) is 0 Å². The maximum absolute atomic E-state index is 12.6. The van der Waals surface area contributed by atoms with Crippen molar-refractivity contribution >= 4 is 29.0 Å². The smallest absolute Gasteiger partial charge is 0.227 e. The van der Waals surface area contributed by atoms with Crippen LogP contribution in [0.2, 0.25) is 5.02 Å². The Balaban J connectivity index is 1.25. The Labute approximate surface area is 237 Å². The van der Waals surface area contributed by atoms with Crippen LogP contribution in [0, 0.1) is 6.92 Å². The van der Waals surface area contributed by atoms with E-state index in [1.807, 2.05) is 19.9 Å². The number of carbonyl (C=O) groups is 1. The highest BCUT2D eigenvalue weighted by molar-refractivity contribution is 6.31. The lowest BCUT2D eigenvalue weighted by Crippen LogP contribution is -2.35. The molecule has 1 fully saturated rings. The summed E-state index contributed by atoms with van der Waals surface area (Å²) in [5.41, 5.74) is 7.58. The van der Waals surface area contributed by atoms with Gasteiger partial charge in [0.05, 0.1) is 23.5 Å². The third-order valence-electron chi connectivity index (χ3n) is 8.52. The van der Waals surface area contributed by atoms with E-state index in [-0.39, 0.29) is 5.78 Å². The minimum Gasteiger partial charge on any atom is -0.383 e. The van der Waals surface area contributed by atoms with E-state index in [0.29, 0.717) is 29.7 Å². The first-order valence-electron chi connectivity index (χ1n) is 14.0. The Kier molecular flexibility index (Phi) is 8.36. The van der Waals surface area contributed by atoms with Crippen molar-refractivity contribution in [3.05, 3.63) is 81.1 Å². The van der Waals surface area contributed by atoms with E-state index >= 15 is 0 Å². The maximum atomic E-state index is 12.6. The van der Waals surface area contributed by atoms with E-state index in [9.17, 15) is 4.79 Å². The van der Waals surface area contributed by atoms with Gasteiger partial charge in [-0.2, -0.15) is 0 Å². The third kappa shape index (κ3) is 6.03. The molecule has 0 saturated carbocycles. The topological polar surface area (TPSA) is 67.3 Å². The Morgan fingerprint density at radius 2 is 1.95 bits per heavy atom. The van der Waals surface area contributed by atoms with Gasteiger partial charge in [-0.15, -0.1) is 0 Å². The number of rotatable bonds is 9. The van der Waals surface area contributed by atoms with Crippen LogP contribution in [0.5, 0.6) is 0 Å². The molecule has 3 aromatic rings. The number of piperidine rings is 1. The molecule has 6 nitrogen and oxygen atoms in total. The highest BCUT2D eigenvalue weighted by Gasteiger charge is 2.39. The van der Waals surface area contributed by atoms with E-state index in [1.165, 1.54) is 35.1 Å². The molecular weight excluding hydrogens is 508 g/mol. The number of Topliss-reactive ketones (excluding diaryl/α,β-unsaturated/α-hetero) is 1. The molecule has 5 rings (SSSR count). The number of hydrogen-bond donors (Lipinski definition) is 1. The zero-order valence-electron chi connectivity index (χ0n) is 23.5. The lowest BCUT2D eigenvalue weighted by atomic mass is 9.82. The summed E-state index contributed by atoms with van der Waals surface area (Å²) in [4.78, 5) is 24.3. The summed E-state index contributed by atoms with van der Waals surface area (Å²) in [5, 5.41) is 3.95. The van der Waals surface area contributed by atoms with Gasteiger partial charge >= 0.3 is 0 Å². The number of aromatic nitrogens is 2. The molecule has 1 saturated heterocycles. The fourth-order valence-electron chi connectivity index (χ4n) is 6.26. The Bertz CT molecular complexity index is 1350. The van der Waals surface area contributed by atoms with Gasteiger partial charge in [0.15, 0.2) is 0 Å². The minimum absolute atomic E-state index is 0.283. The van der Waals surface area contributed by atoms with Crippen LogP contribution < -0.4 is 5.32 Å². The molecule has 0 bridgehead atoms. The monoisotopic (exact) mass is 546 g/mol. The quantitative estimate of drug-likeness (QED) is 0.345. The molecule has 7 heteroatoms. The molecule has 2 aliphatic rings. The number of methoxy groups -OCH3 is 1. The van der Waals surface area contributed by atoms with Crippen molar-refractivity contribution in [3.8, 4) is 0 Å². The highest BCUT2D eigenvalue weighted by Crippen LogP contribution is 2.38. The van der Waals surface area contributed by atoms with Gasteiger partial charge in [-0.3, -0.25) is 4.79 Å². The number of likely N-dealkylation sites (tertiary alicyclic amines) is 1. The number of aryl methyl sites for hydroxylation is 3. The van der Waals surface area contributed by atoms with Crippen molar-refractivity contribution in [1.29, 1.82) is 0 Å². The SMILES string of the molecule is COCCN1CCC(c2ccc(Nc3ncc(Cl)c(CCc4cccc5c4C(C)(C)C(=O)C5)n3)cc2C)CC1. The van der Waals surface area contributed by atoms with Crippen molar-refractivity contribution in [1.82, 2.24) is 14.9 Å². The van der Waals surface area contributed by atoms with Crippen LogP contribution >= 0.6 is 11.6 Å². The predicted molar refractivity (Wildman–Crippen MR) is 157 cm³/mol. The molecule has 0 radical (unpaired) electrons. The number of nitrogens with one attached hydrogen (secondary N) is 1. The molecular formula is C32H39ClN4O2. The fourth-order valence-corrected chi connectivity index (χ4v) is 6.45. The largest absolute Gasteiger partial charge is 0.383 e. The molecule has 0 unspecified atom stereocenters. The zero-order chi connectivity index (χ0) is 27.6. The fraction of sp³-hybridized carbons (Fsp3) is 0.469. The summed E-state index contributed by atoms with van der Waals surface area (Å²) in [7, 11) is 1.77. The number of nitrogens with zero attached hydrogens (tertiary/aromatic N) is 3. The lowest BCUT2D eigenvalue weighted by Gasteiger charge is -2.32. The number of fused-ring (bicyclic) bond motifs is 1. The Morgan fingerprint density at radius 3 is 2.69 bits per heavy atom. The van der Waals surface area contributed by atoms with Gasteiger partial charge in [-0.05, 0) is 105 Å². The number of ketones is 1. The number of benzene rings is 2. The van der Waals surface area contributed by atoms with E-state index in [1.54, 1.807) is 13.3 Å². The second kappa shape index (κ2) is 11.7. The molecule has 2 aromatic carbocycles. The van der Waals surface area contributed by atoms with Crippen LogP contribution in [0.1, 0.15) is 66.1 Å². The summed E-state index contributed by atoms with van der Waals surface area (Å²) in [6, 6.07) is 12.8. The predicted octanol–water partition coefficient (Wildman–Crippen LogP) is 6.20. The maximum Gasteiger partial charge on any atom is 0.227 e. The molecule has 1 aromatic heterocycles.